The van der Waals surface area contributed by atoms with Gasteiger partial charge in [0.15, 0.2) is 0 Å². The van der Waals surface area contributed by atoms with Crippen LogP contribution in [0.25, 0.3) is 6.08 Å². The normalized spacial score (nSPS) is 9.12. The van der Waals surface area contributed by atoms with Crippen LogP contribution in [-0.4, -0.2) is 19.7 Å². The van der Waals surface area contributed by atoms with Crippen molar-refractivity contribution in [3.05, 3.63) is 36.4 Å². The van der Waals surface area contributed by atoms with Gasteiger partial charge in [-0.15, -0.1) is 0 Å². The lowest BCUT2D eigenvalue weighted by atomic mass is 10.2. The van der Waals surface area contributed by atoms with Crippen LogP contribution in [0.4, 0.5) is 0 Å². The average molecular weight is 235 g/mol. The van der Waals surface area contributed by atoms with E-state index >= 15 is 0 Å². The fourth-order valence-electron chi connectivity index (χ4n) is 1.20. The molecule has 1 rings (SSSR count). The molecule has 0 aliphatic carbocycles. The van der Waals surface area contributed by atoms with Gasteiger partial charge in [0.1, 0.15) is 5.75 Å². The van der Waals surface area contributed by atoms with Crippen LogP contribution in [0.1, 0.15) is 32.8 Å². The summed E-state index contributed by atoms with van der Waals surface area (Å²) in [6.07, 6.45) is 2.86. The highest BCUT2D eigenvalue weighted by molar-refractivity contribution is 5.49. The molecule has 0 aliphatic heterocycles. The predicted octanol–water partition coefficient (Wildman–Crippen LogP) is 3.73. The van der Waals surface area contributed by atoms with Crippen molar-refractivity contribution < 1.29 is 4.74 Å². The molecule has 2 nitrogen and oxygen atoms in total. The van der Waals surface area contributed by atoms with E-state index in [4.69, 9.17) is 4.74 Å². The highest BCUT2D eigenvalue weighted by Gasteiger charge is 1.91. The van der Waals surface area contributed by atoms with Crippen molar-refractivity contribution in [2.24, 2.45) is 0 Å². The van der Waals surface area contributed by atoms with E-state index in [2.05, 4.69) is 32.7 Å². The molecular weight excluding hydrogens is 210 g/mol. The molecule has 17 heavy (non-hydrogen) atoms. The second-order valence-electron chi connectivity index (χ2n) is 3.58. The molecule has 0 aromatic heterocycles. The molecule has 0 saturated carbocycles. The number of hydrogen-bond donors (Lipinski definition) is 1. The molecule has 0 saturated heterocycles. The van der Waals surface area contributed by atoms with Gasteiger partial charge in [0.05, 0.1) is 6.61 Å². The van der Waals surface area contributed by atoms with Gasteiger partial charge >= 0.3 is 0 Å². The molecule has 1 aromatic rings. The van der Waals surface area contributed by atoms with Crippen molar-refractivity contribution in [2.45, 2.75) is 27.2 Å². The molecule has 96 valence electrons. The van der Waals surface area contributed by atoms with E-state index < -0.39 is 0 Å². The lowest BCUT2D eigenvalue weighted by Gasteiger charge is -2.04. The Kier molecular flexibility index (Phi) is 10.4. The predicted molar refractivity (Wildman–Crippen MR) is 76.5 cm³/mol. The Balaban J connectivity index is 0.000000437. The minimum atomic E-state index is 0.778. The topological polar surface area (TPSA) is 21.3 Å². The summed E-state index contributed by atoms with van der Waals surface area (Å²) >= 11 is 0. The summed E-state index contributed by atoms with van der Waals surface area (Å²) in [7, 11) is 0. The molecule has 2 heteroatoms. The smallest absolute Gasteiger partial charge is 0.119 e. The zero-order valence-corrected chi connectivity index (χ0v) is 11.3. The van der Waals surface area contributed by atoms with Crippen LogP contribution in [0.15, 0.2) is 30.8 Å². The Morgan fingerprint density at radius 3 is 2.41 bits per heavy atom. The largest absolute Gasteiger partial charge is 0.494 e. The van der Waals surface area contributed by atoms with Crippen LogP contribution in [0.3, 0.4) is 0 Å². The Morgan fingerprint density at radius 2 is 1.94 bits per heavy atom. The molecule has 1 N–H and O–H groups in total. The minimum Gasteiger partial charge on any atom is -0.494 e. The third-order valence-electron chi connectivity index (χ3n) is 2.07. The maximum atomic E-state index is 5.45. The van der Waals surface area contributed by atoms with Crippen molar-refractivity contribution in [1.82, 2.24) is 5.32 Å². The fraction of sp³-hybridized carbons (Fsp3) is 0.467. The molecule has 1 aromatic carbocycles. The van der Waals surface area contributed by atoms with E-state index in [0.29, 0.717) is 0 Å². The van der Waals surface area contributed by atoms with Crippen LogP contribution in [0.5, 0.6) is 5.75 Å². The molecule has 0 fully saturated rings. The summed E-state index contributed by atoms with van der Waals surface area (Å²) in [6, 6.07) is 7.93. The van der Waals surface area contributed by atoms with Gasteiger partial charge in [0, 0.05) is 0 Å². The van der Waals surface area contributed by atoms with Gasteiger partial charge in [-0.25, -0.2) is 0 Å². The standard InChI is InChI=1S/C11H14O.C4H11N/c1-3-8-12-11-7-5-6-10(4-2)9-11;1-3-5-4-2/h4-7,9H,2-3,8H2,1H3;5H,3-4H2,1-2H3. The maximum absolute atomic E-state index is 5.45. The van der Waals surface area contributed by atoms with Crippen molar-refractivity contribution in [3.63, 3.8) is 0 Å². The monoisotopic (exact) mass is 235 g/mol. The number of rotatable bonds is 6. The second-order valence-corrected chi connectivity index (χ2v) is 3.58. The van der Waals surface area contributed by atoms with Crippen molar-refractivity contribution in [3.8, 4) is 5.75 Å². The molecule has 0 atom stereocenters. The van der Waals surface area contributed by atoms with Gasteiger partial charge in [0.25, 0.3) is 0 Å². The molecule has 0 unspecified atom stereocenters. The summed E-state index contributed by atoms with van der Waals surface area (Å²) in [5.74, 6) is 0.925. The third kappa shape index (κ3) is 8.52. The summed E-state index contributed by atoms with van der Waals surface area (Å²) < 4.78 is 5.45. The van der Waals surface area contributed by atoms with Gasteiger partial charge in [-0.3, -0.25) is 0 Å². The average Bonchev–Trinajstić information content (AvgIpc) is 2.38. The number of benzene rings is 1. The molecule has 0 spiro atoms. The first-order valence-electron chi connectivity index (χ1n) is 6.34. The Bertz CT molecular complexity index is 295. The lowest BCUT2D eigenvalue weighted by molar-refractivity contribution is 0.317. The Labute approximate surface area is 106 Å². The number of ether oxygens (including phenoxy) is 1. The van der Waals surface area contributed by atoms with Crippen LogP contribution < -0.4 is 10.1 Å². The molecule has 0 heterocycles. The van der Waals surface area contributed by atoms with E-state index in [0.717, 1.165) is 37.4 Å². The SMILES string of the molecule is C=Cc1cccc(OCCC)c1.CCNCC. The van der Waals surface area contributed by atoms with Crippen LogP contribution >= 0.6 is 0 Å². The van der Waals surface area contributed by atoms with Crippen molar-refractivity contribution in [1.29, 1.82) is 0 Å². The first kappa shape index (κ1) is 15.7. The second kappa shape index (κ2) is 11.2. The number of nitrogens with one attached hydrogen (secondary N) is 1. The first-order valence-corrected chi connectivity index (χ1v) is 6.34. The van der Waals surface area contributed by atoms with Gasteiger partial charge in [0.2, 0.25) is 0 Å². The van der Waals surface area contributed by atoms with Gasteiger partial charge in [-0.1, -0.05) is 45.6 Å². The lowest BCUT2D eigenvalue weighted by Crippen LogP contribution is -2.09. The molecular formula is C15H25NO. The summed E-state index contributed by atoms with van der Waals surface area (Å²) in [5, 5.41) is 3.11. The molecule has 0 aliphatic rings. The van der Waals surface area contributed by atoms with Crippen molar-refractivity contribution >= 4 is 6.08 Å². The Hall–Kier alpha value is -1.28. The first-order chi connectivity index (χ1) is 8.28. The van der Waals surface area contributed by atoms with Crippen LogP contribution in [0, 0.1) is 0 Å². The summed E-state index contributed by atoms with van der Waals surface area (Å²) in [5.41, 5.74) is 1.10. The van der Waals surface area contributed by atoms with Gasteiger partial charge in [-0.05, 0) is 37.2 Å². The van der Waals surface area contributed by atoms with Gasteiger partial charge < -0.3 is 10.1 Å². The minimum absolute atomic E-state index is 0.778. The highest BCUT2D eigenvalue weighted by Crippen LogP contribution is 2.13. The van der Waals surface area contributed by atoms with Crippen LogP contribution in [0.2, 0.25) is 0 Å². The van der Waals surface area contributed by atoms with E-state index in [9.17, 15) is 0 Å². The summed E-state index contributed by atoms with van der Waals surface area (Å²) in [6.45, 7) is 13.0. The Morgan fingerprint density at radius 1 is 1.24 bits per heavy atom. The molecule has 0 bridgehead atoms. The van der Waals surface area contributed by atoms with E-state index in [-0.39, 0.29) is 0 Å². The quantitative estimate of drug-likeness (QED) is 0.811. The maximum Gasteiger partial charge on any atom is 0.119 e. The number of hydrogen-bond acceptors (Lipinski definition) is 2. The van der Waals surface area contributed by atoms with E-state index in [1.807, 2.05) is 30.3 Å². The van der Waals surface area contributed by atoms with E-state index in [1.165, 1.54) is 0 Å². The third-order valence-corrected chi connectivity index (χ3v) is 2.07. The van der Waals surface area contributed by atoms with Crippen molar-refractivity contribution in [2.75, 3.05) is 19.7 Å². The zero-order valence-electron chi connectivity index (χ0n) is 11.3. The molecule has 0 radical (unpaired) electrons. The fourth-order valence-corrected chi connectivity index (χ4v) is 1.20. The van der Waals surface area contributed by atoms with Crippen LogP contribution in [-0.2, 0) is 0 Å². The summed E-state index contributed by atoms with van der Waals surface area (Å²) in [4.78, 5) is 0. The molecule has 0 amide bonds. The van der Waals surface area contributed by atoms with Gasteiger partial charge in [-0.2, -0.15) is 0 Å². The highest BCUT2D eigenvalue weighted by atomic mass is 16.5. The zero-order chi connectivity index (χ0) is 12.9. The van der Waals surface area contributed by atoms with E-state index in [1.54, 1.807) is 0 Å².